The smallest absolute Gasteiger partial charge is 0.270 e. The van der Waals surface area contributed by atoms with E-state index in [1.165, 1.54) is 29.7 Å². The van der Waals surface area contributed by atoms with Crippen LogP contribution in [0.3, 0.4) is 0 Å². The van der Waals surface area contributed by atoms with E-state index < -0.39 is 4.92 Å². The Morgan fingerprint density at radius 1 is 1.33 bits per heavy atom. The van der Waals surface area contributed by atoms with Crippen molar-refractivity contribution in [2.45, 2.75) is 6.54 Å². The van der Waals surface area contributed by atoms with E-state index >= 15 is 0 Å². The lowest BCUT2D eigenvalue weighted by atomic mass is 10.0. The summed E-state index contributed by atoms with van der Waals surface area (Å²) < 4.78 is 1.70. The van der Waals surface area contributed by atoms with Gasteiger partial charge >= 0.3 is 0 Å². The summed E-state index contributed by atoms with van der Waals surface area (Å²) in [5, 5.41) is 13.1. The Morgan fingerprint density at radius 2 is 2.21 bits per heavy atom. The number of nitro groups is 1. The van der Waals surface area contributed by atoms with Crippen molar-refractivity contribution in [3.8, 4) is 5.69 Å². The summed E-state index contributed by atoms with van der Waals surface area (Å²) in [5.41, 5.74) is 2.33. The molecule has 0 radical (unpaired) electrons. The minimum absolute atomic E-state index is 0.0192. The summed E-state index contributed by atoms with van der Waals surface area (Å²) >= 11 is 1.51. The fourth-order valence-corrected chi connectivity index (χ4v) is 3.51. The van der Waals surface area contributed by atoms with Crippen molar-refractivity contribution in [3.05, 3.63) is 74.0 Å². The molecular weight excluding hydrogens is 328 g/mol. The number of aldehydes is 1. The van der Waals surface area contributed by atoms with Crippen LogP contribution in [-0.4, -0.2) is 26.5 Å². The highest BCUT2D eigenvalue weighted by Crippen LogP contribution is 2.30. The van der Waals surface area contributed by atoms with Crippen LogP contribution in [0, 0.1) is 10.1 Å². The van der Waals surface area contributed by atoms with E-state index in [2.05, 4.69) is 9.98 Å². The molecule has 4 rings (SSSR count). The monoisotopic (exact) mass is 338 g/mol. The molecule has 3 heterocycles. The number of carbonyl (C=O) groups excluding carboxylic acids is 1. The summed E-state index contributed by atoms with van der Waals surface area (Å²) in [5.74, 6) is 0.624. The fourth-order valence-electron chi connectivity index (χ4n) is 2.76. The quantitative estimate of drug-likeness (QED) is 0.417. The van der Waals surface area contributed by atoms with Gasteiger partial charge in [0.1, 0.15) is 11.5 Å². The maximum atomic E-state index is 11.3. The fraction of sp³-hybridized carbons (Fsp3) is 0.0625. The number of imidazole rings is 1. The summed E-state index contributed by atoms with van der Waals surface area (Å²) in [4.78, 5) is 31.8. The Bertz CT molecular complexity index is 989. The molecule has 118 valence electrons. The number of fused-ring (bicyclic) bond motifs is 3. The Hall–Kier alpha value is -3.13. The molecule has 0 spiro atoms. The average molecular weight is 338 g/mol. The lowest BCUT2D eigenvalue weighted by Crippen LogP contribution is -2.08. The van der Waals surface area contributed by atoms with Crippen molar-refractivity contribution in [2.24, 2.45) is 4.99 Å². The first-order chi connectivity index (χ1) is 11.7. The highest BCUT2D eigenvalue weighted by molar-refractivity contribution is 7.12. The van der Waals surface area contributed by atoms with Gasteiger partial charge in [0.2, 0.25) is 0 Å². The summed E-state index contributed by atoms with van der Waals surface area (Å²) in [6.45, 7) is 0.295. The molecule has 0 bridgehead atoms. The Kier molecular flexibility index (Phi) is 3.31. The molecule has 2 aromatic heterocycles. The van der Waals surface area contributed by atoms with E-state index in [1.807, 2.05) is 17.5 Å². The molecule has 1 aliphatic rings. The molecule has 0 saturated heterocycles. The van der Waals surface area contributed by atoms with Crippen LogP contribution in [0.2, 0.25) is 0 Å². The molecule has 0 atom stereocenters. The molecular formula is C16H10N4O3S. The minimum atomic E-state index is -0.438. The van der Waals surface area contributed by atoms with E-state index in [0.29, 0.717) is 35.0 Å². The molecule has 7 nitrogen and oxygen atoms in total. The molecule has 0 unspecified atom stereocenters. The van der Waals surface area contributed by atoms with Gasteiger partial charge in [-0.25, -0.2) is 4.98 Å². The topological polar surface area (TPSA) is 90.4 Å². The molecule has 1 aliphatic heterocycles. The molecule has 0 saturated carbocycles. The lowest BCUT2D eigenvalue weighted by molar-refractivity contribution is -0.384. The number of aromatic nitrogens is 2. The van der Waals surface area contributed by atoms with E-state index in [-0.39, 0.29) is 5.69 Å². The summed E-state index contributed by atoms with van der Waals surface area (Å²) in [6, 6.07) is 8.38. The van der Waals surface area contributed by atoms with Crippen LogP contribution in [0.25, 0.3) is 5.69 Å². The van der Waals surface area contributed by atoms with Gasteiger partial charge in [0.15, 0.2) is 6.29 Å². The molecule has 1 aromatic carbocycles. The van der Waals surface area contributed by atoms with Crippen LogP contribution >= 0.6 is 11.3 Å². The first kappa shape index (κ1) is 14.5. The second-order valence-corrected chi connectivity index (χ2v) is 6.10. The highest BCUT2D eigenvalue weighted by Gasteiger charge is 2.24. The van der Waals surface area contributed by atoms with Crippen LogP contribution in [0.4, 0.5) is 5.69 Å². The summed E-state index contributed by atoms with van der Waals surface area (Å²) in [6.07, 6.45) is 2.21. The van der Waals surface area contributed by atoms with E-state index in [1.54, 1.807) is 10.6 Å². The number of nitro benzene ring substituents is 1. The van der Waals surface area contributed by atoms with Crippen LogP contribution in [0.1, 0.15) is 26.8 Å². The Balaban J connectivity index is 2.03. The Labute approximate surface area is 140 Å². The molecule has 24 heavy (non-hydrogen) atoms. The van der Waals surface area contributed by atoms with Gasteiger partial charge in [-0.05, 0) is 17.5 Å². The molecule has 0 aliphatic carbocycles. The van der Waals surface area contributed by atoms with Crippen molar-refractivity contribution < 1.29 is 9.72 Å². The van der Waals surface area contributed by atoms with Crippen molar-refractivity contribution in [2.75, 3.05) is 0 Å². The molecule has 0 amide bonds. The lowest BCUT2D eigenvalue weighted by Gasteiger charge is -2.11. The number of carbonyl (C=O) groups is 1. The maximum absolute atomic E-state index is 11.3. The minimum Gasteiger partial charge on any atom is -0.296 e. The van der Waals surface area contributed by atoms with Gasteiger partial charge in [-0.2, -0.15) is 0 Å². The number of nitrogens with zero attached hydrogens (tertiary/aromatic N) is 4. The van der Waals surface area contributed by atoms with Crippen LogP contribution in [-0.2, 0) is 6.54 Å². The number of rotatable bonds is 3. The zero-order valence-corrected chi connectivity index (χ0v) is 13.1. The van der Waals surface area contributed by atoms with Gasteiger partial charge in [-0.15, -0.1) is 11.3 Å². The third-order valence-electron chi connectivity index (χ3n) is 3.80. The molecule has 0 N–H and O–H groups in total. The SMILES string of the molecule is O=Cc1cnc2n1-c1ccc([N+](=O)[O-])cc1C(c1cccs1)=NC2. The van der Waals surface area contributed by atoms with Gasteiger partial charge < -0.3 is 0 Å². The van der Waals surface area contributed by atoms with Crippen LogP contribution < -0.4 is 0 Å². The average Bonchev–Trinajstić information content (AvgIpc) is 3.22. The third-order valence-corrected chi connectivity index (χ3v) is 4.68. The van der Waals surface area contributed by atoms with Gasteiger partial charge in [0.05, 0.1) is 33.9 Å². The number of hydrogen-bond donors (Lipinski definition) is 0. The van der Waals surface area contributed by atoms with E-state index in [4.69, 9.17) is 0 Å². The van der Waals surface area contributed by atoms with Gasteiger partial charge in [0.25, 0.3) is 5.69 Å². The second kappa shape index (κ2) is 5.50. The van der Waals surface area contributed by atoms with Crippen LogP contribution in [0.5, 0.6) is 0 Å². The first-order valence-corrected chi connectivity index (χ1v) is 7.96. The Morgan fingerprint density at radius 3 is 2.92 bits per heavy atom. The third kappa shape index (κ3) is 2.16. The predicted octanol–water partition coefficient (Wildman–Crippen LogP) is 3.01. The van der Waals surface area contributed by atoms with Crippen molar-refractivity contribution in [1.82, 2.24) is 9.55 Å². The zero-order chi connectivity index (χ0) is 16.7. The maximum Gasteiger partial charge on any atom is 0.270 e. The van der Waals surface area contributed by atoms with Gasteiger partial charge in [-0.1, -0.05) is 6.07 Å². The first-order valence-electron chi connectivity index (χ1n) is 7.08. The molecule has 3 aromatic rings. The largest absolute Gasteiger partial charge is 0.296 e. The predicted molar refractivity (Wildman–Crippen MR) is 89.3 cm³/mol. The normalized spacial score (nSPS) is 12.8. The number of non-ortho nitro benzene ring substituents is 1. The molecule has 8 heteroatoms. The molecule has 0 fully saturated rings. The number of thiophene rings is 1. The number of aliphatic imine (C=N–C) groups is 1. The number of benzene rings is 1. The van der Waals surface area contributed by atoms with Crippen LogP contribution in [0.15, 0.2) is 46.9 Å². The van der Waals surface area contributed by atoms with Crippen molar-refractivity contribution in [1.29, 1.82) is 0 Å². The van der Waals surface area contributed by atoms with Gasteiger partial charge in [-0.3, -0.25) is 24.5 Å². The standard InChI is InChI=1S/C16H10N4O3S/c21-9-11-7-17-15-8-18-16(14-2-1-5-24-14)12-6-10(20(22)23)3-4-13(12)19(11)15/h1-7,9H,8H2. The second-order valence-electron chi connectivity index (χ2n) is 5.15. The van der Waals surface area contributed by atoms with Crippen molar-refractivity contribution >= 4 is 29.0 Å². The number of hydrogen-bond acceptors (Lipinski definition) is 6. The highest BCUT2D eigenvalue weighted by atomic mass is 32.1. The van der Waals surface area contributed by atoms with E-state index in [9.17, 15) is 14.9 Å². The van der Waals surface area contributed by atoms with Crippen molar-refractivity contribution in [3.63, 3.8) is 0 Å². The summed E-state index contributed by atoms with van der Waals surface area (Å²) in [7, 11) is 0. The zero-order valence-electron chi connectivity index (χ0n) is 12.2. The van der Waals surface area contributed by atoms with Gasteiger partial charge in [0, 0.05) is 17.7 Å². The van der Waals surface area contributed by atoms with E-state index in [0.717, 1.165) is 11.2 Å².